The fourth-order valence-electron chi connectivity index (χ4n) is 5.62. The molecule has 0 bridgehead atoms. The zero-order valence-electron chi connectivity index (χ0n) is 25.4. The normalized spacial score (nSPS) is 17.5. The summed E-state index contributed by atoms with van der Waals surface area (Å²) in [6, 6.07) is 10.5. The Hall–Kier alpha value is -4.16. The summed E-state index contributed by atoms with van der Waals surface area (Å²) >= 11 is 0. The van der Waals surface area contributed by atoms with Crippen LogP contribution in [0.1, 0.15) is 57.7 Å². The largest absolute Gasteiger partial charge is 0.444 e. The molecular weight excluding hydrogens is 575 g/mol. The Bertz CT molecular complexity index is 1490. The van der Waals surface area contributed by atoms with Gasteiger partial charge in [-0.2, -0.15) is 13.2 Å². The molecule has 2 amide bonds. The Morgan fingerprint density at radius 3 is 2.30 bits per heavy atom. The van der Waals surface area contributed by atoms with Crippen molar-refractivity contribution in [2.75, 3.05) is 49.5 Å². The maximum Gasteiger partial charge on any atom is 0.416 e. The summed E-state index contributed by atoms with van der Waals surface area (Å²) in [7, 11) is 0. The smallest absolute Gasteiger partial charge is 0.416 e. The van der Waals surface area contributed by atoms with Crippen molar-refractivity contribution in [3.8, 4) is 0 Å². The number of carbonyl (C=O) groups excluding carboxylic acids is 2. The molecular formula is C31H38F3N7O3. The second-order valence-electron chi connectivity index (χ2n) is 12.4. The van der Waals surface area contributed by atoms with E-state index in [4.69, 9.17) is 4.74 Å². The lowest BCUT2D eigenvalue weighted by molar-refractivity contribution is -0.138. The van der Waals surface area contributed by atoms with E-state index >= 15 is 0 Å². The fourth-order valence-corrected chi connectivity index (χ4v) is 5.62. The number of aromatic nitrogens is 3. The van der Waals surface area contributed by atoms with E-state index < -0.39 is 23.4 Å². The molecule has 0 saturated carbocycles. The van der Waals surface area contributed by atoms with Crippen molar-refractivity contribution in [2.24, 2.45) is 5.92 Å². The van der Waals surface area contributed by atoms with E-state index in [9.17, 15) is 22.8 Å². The van der Waals surface area contributed by atoms with E-state index in [-0.39, 0.29) is 17.9 Å². The number of anilines is 2. The van der Waals surface area contributed by atoms with Crippen LogP contribution in [-0.4, -0.2) is 82.1 Å². The quantitative estimate of drug-likeness (QED) is 0.402. The number of hydrogen-bond donors (Lipinski definition) is 1. The molecule has 2 saturated heterocycles. The number of halogens is 3. The molecule has 0 radical (unpaired) electrons. The fraction of sp³-hybridized carbons (Fsp3) is 0.516. The highest BCUT2D eigenvalue weighted by molar-refractivity contribution is 5.91. The Labute approximate surface area is 254 Å². The van der Waals surface area contributed by atoms with Gasteiger partial charge in [-0.05, 0) is 81.6 Å². The zero-order chi connectivity index (χ0) is 31.6. The zero-order valence-corrected chi connectivity index (χ0v) is 25.4. The molecule has 5 rings (SSSR count). The molecule has 2 aliphatic rings. The van der Waals surface area contributed by atoms with Crippen LogP contribution in [0.15, 0.2) is 42.5 Å². The first-order valence-electron chi connectivity index (χ1n) is 14.9. The lowest BCUT2D eigenvalue weighted by Crippen LogP contribution is -2.52. The highest BCUT2D eigenvalue weighted by atomic mass is 19.4. The second kappa shape index (κ2) is 12.4. The van der Waals surface area contributed by atoms with Gasteiger partial charge in [-0.1, -0.05) is 12.1 Å². The maximum absolute atomic E-state index is 13.3. The van der Waals surface area contributed by atoms with E-state index in [2.05, 4.69) is 25.6 Å². The van der Waals surface area contributed by atoms with Crippen LogP contribution in [-0.2, 0) is 15.7 Å². The van der Waals surface area contributed by atoms with Gasteiger partial charge in [-0.25, -0.2) is 4.79 Å². The van der Waals surface area contributed by atoms with Gasteiger partial charge in [0.2, 0.25) is 5.91 Å². The summed E-state index contributed by atoms with van der Waals surface area (Å²) in [4.78, 5) is 31.4. The van der Waals surface area contributed by atoms with Crippen LogP contribution < -0.4 is 10.2 Å². The standard InChI is InChI=1S/C31H38F3N7O3/c1-20(22-6-5-7-23(18-22)31(32,33)34)35-27-25-19-24(8-9-26(25)36-38-37-27)39-14-16-40(17-15-39)28(42)21-10-12-41(13-11-21)29(43)44-30(2,3)4/h5-9,18-21H,10-17H2,1-4H3,(H,35,36,37)/t20-/m1/s1. The average molecular weight is 614 g/mol. The summed E-state index contributed by atoms with van der Waals surface area (Å²) < 4.78 is 45.2. The lowest BCUT2D eigenvalue weighted by Gasteiger charge is -2.39. The van der Waals surface area contributed by atoms with Gasteiger partial charge in [0.15, 0.2) is 5.82 Å². The first-order valence-corrected chi connectivity index (χ1v) is 14.9. The van der Waals surface area contributed by atoms with Gasteiger partial charge in [0.05, 0.1) is 17.1 Å². The molecule has 3 heterocycles. The van der Waals surface area contributed by atoms with Crippen LogP contribution in [0.5, 0.6) is 0 Å². The van der Waals surface area contributed by atoms with Crippen molar-refractivity contribution >= 4 is 34.4 Å². The van der Waals surface area contributed by atoms with Crippen LogP contribution in [0.4, 0.5) is 29.5 Å². The first kappa shape index (κ1) is 31.3. The first-order chi connectivity index (χ1) is 20.8. The highest BCUT2D eigenvalue weighted by Crippen LogP contribution is 2.33. The van der Waals surface area contributed by atoms with E-state index in [1.54, 1.807) is 17.9 Å². The summed E-state index contributed by atoms with van der Waals surface area (Å²) in [5.74, 6) is 0.438. The van der Waals surface area contributed by atoms with Gasteiger partial charge >= 0.3 is 12.3 Å². The highest BCUT2D eigenvalue weighted by Gasteiger charge is 2.34. The number of hydrogen-bond acceptors (Lipinski definition) is 8. The van der Waals surface area contributed by atoms with Crippen molar-refractivity contribution in [3.05, 3.63) is 53.6 Å². The lowest BCUT2D eigenvalue weighted by atomic mass is 9.95. The third-order valence-corrected chi connectivity index (χ3v) is 8.05. The molecule has 44 heavy (non-hydrogen) atoms. The molecule has 1 atom stereocenters. The summed E-state index contributed by atoms with van der Waals surface area (Å²) in [5, 5.41) is 16.0. The number of piperidine rings is 1. The Balaban J connectivity index is 1.20. The van der Waals surface area contributed by atoms with Crippen LogP contribution in [0.2, 0.25) is 0 Å². The molecule has 2 aromatic carbocycles. The van der Waals surface area contributed by atoms with Crippen LogP contribution in [0.25, 0.3) is 10.9 Å². The minimum Gasteiger partial charge on any atom is -0.444 e. The van der Waals surface area contributed by atoms with Crippen molar-refractivity contribution in [2.45, 2.75) is 58.4 Å². The van der Waals surface area contributed by atoms with Crippen LogP contribution in [0, 0.1) is 5.92 Å². The number of alkyl halides is 3. The molecule has 10 nitrogen and oxygen atoms in total. The Morgan fingerprint density at radius 1 is 0.932 bits per heavy atom. The van der Waals surface area contributed by atoms with E-state index in [1.807, 2.05) is 43.9 Å². The van der Waals surface area contributed by atoms with Crippen molar-refractivity contribution < 1.29 is 27.5 Å². The van der Waals surface area contributed by atoms with Gasteiger partial charge in [-0.15, -0.1) is 10.2 Å². The molecule has 1 aromatic heterocycles. The molecule has 2 aliphatic heterocycles. The number of nitrogens with zero attached hydrogens (tertiary/aromatic N) is 6. The summed E-state index contributed by atoms with van der Waals surface area (Å²) in [5.41, 5.74) is 0.745. The van der Waals surface area contributed by atoms with Crippen LogP contribution >= 0.6 is 0 Å². The van der Waals surface area contributed by atoms with Gasteiger partial charge in [0, 0.05) is 56.3 Å². The average Bonchev–Trinajstić information content (AvgIpc) is 2.99. The van der Waals surface area contributed by atoms with Gasteiger partial charge in [0.25, 0.3) is 0 Å². The van der Waals surface area contributed by atoms with Crippen molar-refractivity contribution in [1.29, 1.82) is 0 Å². The van der Waals surface area contributed by atoms with Gasteiger partial charge in [0.1, 0.15) is 5.60 Å². The topological polar surface area (TPSA) is 104 Å². The monoisotopic (exact) mass is 613 g/mol. The minimum atomic E-state index is -4.43. The number of piperazine rings is 1. The van der Waals surface area contributed by atoms with Crippen LogP contribution in [0.3, 0.4) is 0 Å². The molecule has 2 fully saturated rings. The number of carbonyl (C=O) groups is 2. The SMILES string of the molecule is C[C@@H](Nc1nnnc2ccc(N3CCN(C(=O)C4CCN(C(=O)OC(C)(C)C)CC4)CC3)cc12)c1cccc(C(F)(F)F)c1. The number of likely N-dealkylation sites (tertiary alicyclic amines) is 1. The van der Waals surface area contributed by atoms with E-state index in [1.165, 1.54) is 6.07 Å². The van der Waals surface area contributed by atoms with Crippen molar-refractivity contribution in [3.63, 3.8) is 0 Å². The Morgan fingerprint density at radius 2 is 1.64 bits per heavy atom. The molecule has 13 heteroatoms. The number of fused-ring (bicyclic) bond motifs is 1. The second-order valence-corrected chi connectivity index (χ2v) is 12.4. The molecule has 3 aromatic rings. The third-order valence-electron chi connectivity index (χ3n) is 8.05. The summed E-state index contributed by atoms with van der Waals surface area (Å²) in [6.45, 7) is 10.7. The van der Waals surface area contributed by atoms with E-state index in [0.717, 1.165) is 17.8 Å². The number of ether oxygens (including phenoxy) is 1. The maximum atomic E-state index is 13.3. The number of benzene rings is 2. The van der Waals surface area contributed by atoms with Crippen molar-refractivity contribution in [1.82, 2.24) is 25.2 Å². The molecule has 0 unspecified atom stereocenters. The molecule has 0 spiro atoms. The number of rotatable bonds is 5. The van der Waals surface area contributed by atoms with E-state index in [0.29, 0.717) is 74.4 Å². The van der Waals surface area contributed by atoms with Gasteiger partial charge in [-0.3, -0.25) is 4.79 Å². The van der Waals surface area contributed by atoms with Gasteiger partial charge < -0.3 is 24.8 Å². The Kier molecular flexibility index (Phi) is 8.85. The summed E-state index contributed by atoms with van der Waals surface area (Å²) in [6.07, 6.45) is -3.53. The number of nitrogens with one attached hydrogen (secondary N) is 1. The minimum absolute atomic E-state index is 0.113. The third kappa shape index (κ3) is 7.31. The number of amides is 2. The molecule has 236 valence electrons. The molecule has 0 aliphatic carbocycles. The molecule has 1 N–H and O–H groups in total. The predicted octanol–water partition coefficient (Wildman–Crippen LogP) is 5.51. The predicted molar refractivity (Wildman–Crippen MR) is 160 cm³/mol.